The van der Waals surface area contributed by atoms with Crippen LogP contribution in [0.3, 0.4) is 0 Å². The highest BCUT2D eigenvalue weighted by Crippen LogP contribution is 2.36. The number of pyridine rings is 2. The Hall–Kier alpha value is -2.18. The number of hydrogen-bond acceptors (Lipinski definition) is 6. The molecule has 35 heavy (non-hydrogen) atoms. The monoisotopic (exact) mass is 504 g/mol. The highest BCUT2D eigenvalue weighted by atomic mass is 32.1. The number of nitrogens with one attached hydrogen (secondary N) is 2. The third-order valence-electron chi connectivity index (χ3n) is 7.74. The molecule has 2 aliphatic carbocycles. The predicted molar refractivity (Wildman–Crippen MR) is 153 cm³/mol. The molecule has 0 amide bonds. The van der Waals surface area contributed by atoms with Crippen molar-refractivity contribution in [3.05, 3.63) is 45.4 Å². The number of rotatable bonds is 10. The number of unbranched alkanes of at least 4 members (excludes halogenated alkanes) is 4. The summed E-state index contributed by atoms with van der Waals surface area (Å²) in [6.45, 7) is 2.14. The normalized spacial score (nSPS) is 15.3. The second kappa shape index (κ2) is 10.8. The second-order valence-corrected chi connectivity index (χ2v) is 11.9. The van der Waals surface area contributed by atoms with E-state index in [9.17, 15) is 0 Å². The van der Waals surface area contributed by atoms with Gasteiger partial charge in [0.25, 0.3) is 0 Å². The first kappa shape index (κ1) is 23.2. The van der Waals surface area contributed by atoms with Gasteiger partial charge in [0.15, 0.2) is 0 Å². The lowest BCUT2D eigenvalue weighted by Crippen LogP contribution is -2.12. The first-order valence-corrected chi connectivity index (χ1v) is 15.4. The van der Waals surface area contributed by atoms with Crippen LogP contribution in [-0.4, -0.2) is 23.1 Å². The third kappa shape index (κ3) is 4.92. The largest absolute Gasteiger partial charge is 0.384 e. The fourth-order valence-electron chi connectivity index (χ4n) is 5.90. The molecule has 0 saturated heterocycles. The Kier molecular flexibility index (Phi) is 7.19. The summed E-state index contributed by atoms with van der Waals surface area (Å²) in [4.78, 5) is 12.3. The zero-order chi connectivity index (χ0) is 23.5. The molecule has 6 heteroatoms. The van der Waals surface area contributed by atoms with Crippen molar-refractivity contribution in [2.75, 3.05) is 23.7 Å². The zero-order valence-corrected chi connectivity index (χ0v) is 22.3. The molecule has 4 heterocycles. The number of aromatic nitrogens is 2. The molecule has 2 N–H and O–H groups in total. The lowest BCUT2D eigenvalue weighted by molar-refractivity contribution is 0.633. The van der Waals surface area contributed by atoms with E-state index in [4.69, 9.17) is 9.97 Å². The van der Waals surface area contributed by atoms with Crippen LogP contribution in [0, 0.1) is 0 Å². The fraction of sp³-hybridized carbons (Fsp3) is 0.517. The van der Waals surface area contributed by atoms with Gasteiger partial charge in [-0.15, -0.1) is 22.7 Å². The topological polar surface area (TPSA) is 49.8 Å². The van der Waals surface area contributed by atoms with Gasteiger partial charge in [0.1, 0.15) is 9.66 Å². The number of aryl methyl sites for hydroxylation is 2. The van der Waals surface area contributed by atoms with E-state index in [2.05, 4.69) is 33.5 Å². The van der Waals surface area contributed by atoms with Crippen LogP contribution in [0.5, 0.6) is 0 Å². The second-order valence-electron chi connectivity index (χ2n) is 10.1. The summed E-state index contributed by atoms with van der Waals surface area (Å²) >= 11 is 3.55. The van der Waals surface area contributed by atoms with E-state index in [1.54, 1.807) is 22.7 Å². The van der Waals surface area contributed by atoms with E-state index < -0.39 is 0 Å². The van der Waals surface area contributed by atoms with E-state index in [0.717, 1.165) is 25.9 Å². The van der Waals surface area contributed by atoms with Crippen LogP contribution in [0.25, 0.3) is 20.4 Å². The highest BCUT2D eigenvalue weighted by molar-refractivity contribution is 7.17. The van der Waals surface area contributed by atoms with Crippen LogP contribution >= 0.6 is 22.7 Å². The van der Waals surface area contributed by atoms with E-state index in [-0.39, 0.29) is 0 Å². The van der Waals surface area contributed by atoms with Crippen molar-refractivity contribution in [3.8, 4) is 0 Å². The molecule has 0 radical (unpaired) electrons. The van der Waals surface area contributed by atoms with Crippen molar-refractivity contribution in [1.29, 1.82) is 0 Å². The Morgan fingerprint density at radius 3 is 1.57 bits per heavy atom. The molecule has 0 aromatic carbocycles. The lowest BCUT2D eigenvalue weighted by atomic mass is 9.93. The molecule has 184 valence electrons. The van der Waals surface area contributed by atoms with Gasteiger partial charge in [-0.3, -0.25) is 0 Å². The smallest absolute Gasteiger partial charge is 0.125 e. The van der Waals surface area contributed by atoms with Gasteiger partial charge in [-0.2, -0.15) is 0 Å². The summed E-state index contributed by atoms with van der Waals surface area (Å²) in [5.41, 5.74) is 8.44. The molecule has 4 aromatic rings. The van der Waals surface area contributed by atoms with Crippen LogP contribution in [0.15, 0.2) is 22.9 Å². The zero-order valence-electron chi connectivity index (χ0n) is 20.6. The Bertz CT molecular complexity index is 1210. The molecule has 0 unspecified atom stereocenters. The Labute approximate surface area is 216 Å². The molecule has 0 aliphatic heterocycles. The van der Waals surface area contributed by atoms with Crippen LogP contribution in [0.2, 0.25) is 0 Å². The third-order valence-corrected chi connectivity index (χ3v) is 9.35. The molecule has 0 spiro atoms. The van der Waals surface area contributed by atoms with Gasteiger partial charge in [0, 0.05) is 46.6 Å². The molecule has 0 fully saturated rings. The quantitative estimate of drug-likeness (QED) is 0.214. The van der Waals surface area contributed by atoms with Crippen LogP contribution in [0.1, 0.15) is 80.3 Å². The molecule has 6 rings (SSSR count). The van der Waals surface area contributed by atoms with Crippen molar-refractivity contribution in [2.45, 2.75) is 83.5 Å². The average Bonchev–Trinajstić information content (AvgIpc) is 3.56. The van der Waals surface area contributed by atoms with Crippen molar-refractivity contribution >= 4 is 54.5 Å². The van der Waals surface area contributed by atoms with Gasteiger partial charge in [-0.1, -0.05) is 19.3 Å². The van der Waals surface area contributed by atoms with Gasteiger partial charge in [-0.25, -0.2) is 9.97 Å². The Balaban J connectivity index is 0.959. The number of anilines is 2. The molecular weight excluding hydrogens is 468 g/mol. The minimum Gasteiger partial charge on any atom is -0.384 e. The van der Waals surface area contributed by atoms with Crippen molar-refractivity contribution < 1.29 is 0 Å². The SMILES string of the molecule is c1cc2c(NCCCCCCCNc3c4c(nc5sccc35)CCCC4)c3c(nc2s1)CCCC3. The minimum atomic E-state index is 1.07. The number of thiophene rings is 2. The van der Waals surface area contributed by atoms with Crippen molar-refractivity contribution in [2.24, 2.45) is 0 Å². The number of nitrogens with zero attached hydrogens (tertiary/aromatic N) is 2. The van der Waals surface area contributed by atoms with Crippen LogP contribution in [-0.2, 0) is 25.7 Å². The fourth-order valence-corrected chi connectivity index (χ4v) is 7.49. The van der Waals surface area contributed by atoms with Crippen LogP contribution < -0.4 is 10.6 Å². The highest BCUT2D eigenvalue weighted by Gasteiger charge is 2.19. The lowest BCUT2D eigenvalue weighted by Gasteiger charge is -2.20. The number of hydrogen-bond donors (Lipinski definition) is 2. The van der Waals surface area contributed by atoms with Crippen molar-refractivity contribution in [1.82, 2.24) is 9.97 Å². The summed E-state index contributed by atoms with van der Waals surface area (Å²) < 4.78 is 0. The summed E-state index contributed by atoms with van der Waals surface area (Å²) in [6, 6.07) is 4.50. The van der Waals surface area contributed by atoms with Gasteiger partial charge in [0.05, 0.1) is 0 Å². The maximum absolute atomic E-state index is 4.95. The van der Waals surface area contributed by atoms with Gasteiger partial charge < -0.3 is 10.6 Å². The molecule has 0 atom stereocenters. The first-order chi connectivity index (χ1) is 17.4. The maximum atomic E-state index is 4.95. The molecule has 4 nitrogen and oxygen atoms in total. The summed E-state index contributed by atoms with van der Waals surface area (Å²) in [7, 11) is 0. The predicted octanol–water partition coefficient (Wildman–Crippen LogP) is 8.14. The molecule has 0 bridgehead atoms. The van der Waals surface area contributed by atoms with Gasteiger partial charge in [-0.05, 0) is 98.2 Å². The Morgan fingerprint density at radius 1 is 0.600 bits per heavy atom. The minimum absolute atomic E-state index is 1.07. The first-order valence-electron chi connectivity index (χ1n) is 13.6. The van der Waals surface area contributed by atoms with E-state index in [0.29, 0.717) is 0 Å². The standard InChI is InChI=1S/C29H36N4S2/c1(2-8-16-30-26-20-10-4-6-12-24(20)32-28-22(26)14-18-34-28)3-9-17-31-27-21-11-5-7-13-25(21)33-29-23(27)15-19-35-29/h14-15,18-19H,1-13,16-17H2,(H,30,32)(H,31,33). The summed E-state index contributed by atoms with van der Waals surface area (Å²) in [5, 5.41) is 14.7. The average molecular weight is 505 g/mol. The molecular formula is C29H36N4S2. The summed E-state index contributed by atoms with van der Waals surface area (Å²) in [5.74, 6) is 0. The summed E-state index contributed by atoms with van der Waals surface area (Å²) in [6.07, 6.45) is 16.2. The van der Waals surface area contributed by atoms with Gasteiger partial charge >= 0.3 is 0 Å². The Morgan fingerprint density at radius 2 is 1.06 bits per heavy atom. The molecule has 4 aromatic heterocycles. The van der Waals surface area contributed by atoms with E-state index in [1.165, 1.54) is 125 Å². The number of fused-ring (bicyclic) bond motifs is 4. The van der Waals surface area contributed by atoms with Crippen LogP contribution in [0.4, 0.5) is 11.4 Å². The molecule has 2 aliphatic rings. The maximum Gasteiger partial charge on any atom is 0.125 e. The van der Waals surface area contributed by atoms with Gasteiger partial charge in [0.2, 0.25) is 0 Å². The van der Waals surface area contributed by atoms with E-state index in [1.807, 2.05) is 0 Å². The van der Waals surface area contributed by atoms with E-state index >= 15 is 0 Å². The van der Waals surface area contributed by atoms with Crippen molar-refractivity contribution in [3.63, 3.8) is 0 Å². The molecule has 0 saturated carbocycles.